The summed E-state index contributed by atoms with van der Waals surface area (Å²) < 4.78 is 15.7. The summed E-state index contributed by atoms with van der Waals surface area (Å²) in [4.78, 5) is 11.3. The fraction of sp³-hybridized carbons (Fsp3) is 0.909. The molecule has 1 heterocycles. The Morgan fingerprint density at radius 2 is 2.13 bits per heavy atom. The molecule has 4 heteroatoms. The van der Waals surface area contributed by atoms with Crippen LogP contribution in [0.4, 0.5) is 0 Å². The molecule has 1 aliphatic heterocycles. The third-order valence-electron chi connectivity index (χ3n) is 1.95. The van der Waals surface area contributed by atoms with Crippen LogP contribution in [0.5, 0.6) is 0 Å². The molecule has 0 bridgehead atoms. The summed E-state index contributed by atoms with van der Waals surface area (Å²) in [6.07, 6.45) is 2.81. The van der Waals surface area contributed by atoms with E-state index in [0.717, 1.165) is 25.9 Å². The number of ether oxygens (including phenoxy) is 3. The van der Waals surface area contributed by atoms with Crippen LogP contribution in [0.25, 0.3) is 0 Å². The summed E-state index contributed by atoms with van der Waals surface area (Å²) >= 11 is 0. The van der Waals surface area contributed by atoms with Crippen molar-refractivity contribution in [3.05, 3.63) is 0 Å². The monoisotopic (exact) mass is 216 g/mol. The van der Waals surface area contributed by atoms with E-state index in [-0.39, 0.29) is 18.9 Å². The average Bonchev–Trinajstić information content (AvgIpc) is 2.14. The van der Waals surface area contributed by atoms with E-state index in [0.29, 0.717) is 0 Å². The van der Waals surface area contributed by atoms with Gasteiger partial charge in [-0.05, 0) is 40.0 Å². The molecule has 1 atom stereocenters. The Balaban J connectivity index is 2.15. The minimum Gasteiger partial charge on any atom is -0.458 e. The number of hydrogen-bond donors (Lipinski definition) is 0. The molecule has 0 aromatic heterocycles. The van der Waals surface area contributed by atoms with Gasteiger partial charge in [0.2, 0.25) is 0 Å². The molecule has 1 aliphatic rings. The van der Waals surface area contributed by atoms with Gasteiger partial charge in [0.05, 0.1) is 0 Å². The molecule has 0 N–H and O–H groups in total. The van der Waals surface area contributed by atoms with Gasteiger partial charge in [0.15, 0.2) is 6.29 Å². The van der Waals surface area contributed by atoms with E-state index in [2.05, 4.69) is 0 Å². The minimum atomic E-state index is -0.451. The molecule has 0 spiro atoms. The lowest BCUT2D eigenvalue weighted by Crippen LogP contribution is -2.30. The molecule has 0 radical (unpaired) electrons. The molecular formula is C11H20O4. The summed E-state index contributed by atoms with van der Waals surface area (Å²) in [5, 5.41) is 0. The molecule has 1 saturated heterocycles. The van der Waals surface area contributed by atoms with Gasteiger partial charge >= 0.3 is 5.97 Å². The van der Waals surface area contributed by atoms with Gasteiger partial charge in [0.1, 0.15) is 12.2 Å². The van der Waals surface area contributed by atoms with Gasteiger partial charge in [-0.25, -0.2) is 4.79 Å². The molecule has 1 rings (SSSR count). The van der Waals surface area contributed by atoms with Crippen molar-refractivity contribution >= 4 is 5.97 Å². The standard InChI is InChI=1S/C11H20O4/c1-11(2,3)15-9(12)8-14-10-6-4-5-7-13-10/h10H,4-8H2,1-3H3. The van der Waals surface area contributed by atoms with Crippen molar-refractivity contribution in [2.75, 3.05) is 13.2 Å². The Labute approximate surface area is 90.9 Å². The second kappa shape index (κ2) is 5.47. The fourth-order valence-corrected chi connectivity index (χ4v) is 1.37. The van der Waals surface area contributed by atoms with E-state index in [1.165, 1.54) is 0 Å². The predicted molar refractivity (Wildman–Crippen MR) is 55.4 cm³/mol. The highest BCUT2D eigenvalue weighted by Crippen LogP contribution is 2.14. The van der Waals surface area contributed by atoms with E-state index in [1.54, 1.807) is 0 Å². The first-order valence-corrected chi connectivity index (χ1v) is 5.42. The highest BCUT2D eigenvalue weighted by Gasteiger charge is 2.19. The van der Waals surface area contributed by atoms with Crippen molar-refractivity contribution in [3.8, 4) is 0 Å². The molecule has 0 amide bonds. The summed E-state index contributed by atoms with van der Waals surface area (Å²) in [5.41, 5.74) is -0.451. The van der Waals surface area contributed by atoms with Gasteiger partial charge in [0, 0.05) is 6.61 Å². The Hall–Kier alpha value is -0.610. The van der Waals surface area contributed by atoms with E-state index < -0.39 is 5.60 Å². The van der Waals surface area contributed by atoms with Crippen LogP contribution >= 0.6 is 0 Å². The molecule has 0 saturated carbocycles. The SMILES string of the molecule is CC(C)(C)OC(=O)COC1CCCCO1. The van der Waals surface area contributed by atoms with Crippen LogP contribution in [0.2, 0.25) is 0 Å². The Bertz CT molecular complexity index is 201. The third kappa shape index (κ3) is 5.74. The van der Waals surface area contributed by atoms with Crippen molar-refractivity contribution in [1.29, 1.82) is 0 Å². The molecule has 88 valence electrons. The number of esters is 1. The van der Waals surface area contributed by atoms with Crippen LogP contribution in [-0.4, -0.2) is 31.1 Å². The molecule has 1 unspecified atom stereocenters. The van der Waals surface area contributed by atoms with Gasteiger partial charge in [-0.2, -0.15) is 0 Å². The average molecular weight is 216 g/mol. The predicted octanol–water partition coefficient (Wildman–Crippen LogP) is 1.87. The van der Waals surface area contributed by atoms with Crippen molar-refractivity contribution in [1.82, 2.24) is 0 Å². The molecule has 1 fully saturated rings. The maximum absolute atomic E-state index is 11.3. The summed E-state index contributed by atoms with van der Waals surface area (Å²) in [6, 6.07) is 0. The summed E-state index contributed by atoms with van der Waals surface area (Å²) in [6.45, 7) is 6.20. The van der Waals surface area contributed by atoms with Gasteiger partial charge < -0.3 is 14.2 Å². The van der Waals surface area contributed by atoms with E-state index >= 15 is 0 Å². The zero-order chi connectivity index (χ0) is 11.3. The second-order valence-electron chi connectivity index (χ2n) is 4.69. The highest BCUT2D eigenvalue weighted by atomic mass is 16.7. The lowest BCUT2D eigenvalue weighted by Gasteiger charge is -2.24. The number of rotatable bonds is 3. The molecule has 0 aromatic rings. The fourth-order valence-electron chi connectivity index (χ4n) is 1.37. The molecule has 4 nitrogen and oxygen atoms in total. The van der Waals surface area contributed by atoms with Crippen LogP contribution in [0.1, 0.15) is 40.0 Å². The highest BCUT2D eigenvalue weighted by molar-refractivity contribution is 5.71. The van der Waals surface area contributed by atoms with Crippen LogP contribution in [0.3, 0.4) is 0 Å². The van der Waals surface area contributed by atoms with Gasteiger partial charge in [-0.1, -0.05) is 0 Å². The summed E-state index contributed by atoms with van der Waals surface area (Å²) in [5.74, 6) is -0.336. The topological polar surface area (TPSA) is 44.8 Å². The van der Waals surface area contributed by atoms with Crippen LogP contribution in [0.15, 0.2) is 0 Å². The normalized spacial score (nSPS) is 22.5. The maximum Gasteiger partial charge on any atom is 0.332 e. The van der Waals surface area contributed by atoms with Gasteiger partial charge in [-0.3, -0.25) is 0 Å². The summed E-state index contributed by atoms with van der Waals surface area (Å²) in [7, 11) is 0. The van der Waals surface area contributed by atoms with Crippen molar-refractivity contribution in [2.24, 2.45) is 0 Å². The molecular weight excluding hydrogens is 196 g/mol. The zero-order valence-electron chi connectivity index (χ0n) is 9.75. The van der Waals surface area contributed by atoms with Crippen LogP contribution in [0, 0.1) is 0 Å². The first-order valence-electron chi connectivity index (χ1n) is 5.42. The van der Waals surface area contributed by atoms with Gasteiger partial charge in [-0.15, -0.1) is 0 Å². The van der Waals surface area contributed by atoms with E-state index in [9.17, 15) is 4.79 Å². The first kappa shape index (κ1) is 12.5. The Kier molecular flexibility index (Phi) is 4.54. The Morgan fingerprint density at radius 1 is 1.40 bits per heavy atom. The second-order valence-corrected chi connectivity index (χ2v) is 4.69. The lowest BCUT2D eigenvalue weighted by molar-refractivity contribution is -0.188. The first-order chi connectivity index (χ1) is 6.97. The van der Waals surface area contributed by atoms with E-state index in [1.807, 2.05) is 20.8 Å². The third-order valence-corrected chi connectivity index (χ3v) is 1.95. The lowest BCUT2D eigenvalue weighted by atomic mass is 10.2. The molecule has 0 aromatic carbocycles. The number of carbonyl (C=O) groups excluding carboxylic acids is 1. The molecule has 0 aliphatic carbocycles. The van der Waals surface area contributed by atoms with Crippen molar-refractivity contribution in [3.63, 3.8) is 0 Å². The smallest absolute Gasteiger partial charge is 0.332 e. The quantitative estimate of drug-likeness (QED) is 0.676. The largest absolute Gasteiger partial charge is 0.458 e. The van der Waals surface area contributed by atoms with Gasteiger partial charge in [0.25, 0.3) is 0 Å². The van der Waals surface area contributed by atoms with Crippen molar-refractivity contribution in [2.45, 2.75) is 51.9 Å². The Morgan fingerprint density at radius 3 is 2.67 bits per heavy atom. The number of carbonyl (C=O) groups is 1. The van der Waals surface area contributed by atoms with Crippen LogP contribution in [-0.2, 0) is 19.0 Å². The van der Waals surface area contributed by atoms with Crippen molar-refractivity contribution < 1.29 is 19.0 Å². The molecule has 15 heavy (non-hydrogen) atoms. The minimum absolute atomic E-state index is 0.0259. The maximum atomic E-state index is 11.3. The van der Waals surface area contributed by atoms with Crippen LogP contribution < -0.4 is 0 Å². The number of hydrogen-bond acceptors (Lipinski definition) is 4. The zero-order valence-corrected chi connectivity index (χ0v) is 9.75. The van der Waals surface area contributed by atoms with E-state index in [4.69, 9.17) is 14.2 Å².